The third-order valence-corrected chi connectivity index (χ3v) is 15.8. The highest BCUT2D eigenvalue weighted by molar-refractivity contribution is 6.96. The van der Waals surface area contributed by atoms with Gasteiger partial charge in [0.2, 0.25) is 0 Å². The molecule has 0 amide bonds. The number of rotatable bonds is 4. The van der Waals surface area contributed by atoms with E-state index >= 15 is 0 Å². The molecule has 4 heteroatoms. The molecule has 1 saturated heterocycles. The Morgan fingerprint density at radius 2 is 1.55 bits per heavy atom. The quantitative estimate of drug-likeness (QED) is 0.534. The van der Waals surface area contributed by atoms with Gasteiger partial charge in [-0.05, 0) is 38.8 Å². The molecule has 20 heavy (non-hydrogen) atoms. The Kier molecular flexibility index (Phi) is 5.02. The highest BCUT2D eigenvalue weighted by atomic mass is 28.4. The van der Waals surface area contributed by atoms with Crippen molar-refractivity contribution in [3.05, 3.63) is 0 Å². The first-order chi connectivity index (χ1) is 8.87. The number of carbonyl (C=O) groups is 1. The van der Waals surface area contributed by atoms with Crippen molar-refractivity contribution in [2.45, 2.75) is 90.1 Å². The Balaban J connectivity index is 3.00. The molecule has 0 radical (unpaired) electrons. The maximum atomic E-state index is 12.6. The molecule has 0 N–H and O–H groups in total. The van der Waals surface area contributed by atoms with Crippen LogP contribution in [0.3, 0.4) is 0 Å². The average molecular weight is 315 g/mol. The van der Waals surface area contributed by atoms with E-state index in [2.05, 4.69) is 40.0 Å². The van der Waals surface area contributed by atoms with E-state index in [1.165, 1.54) is 5.67 Å². The van der Waals surface area contributed by atoms with E-state index in [4.69, 9.17) is 4.74 Å². The molecule has 1 aliphatic heterocycles. The molecule has 0 saturated carbocycles. The van der Waals surface area contributed by atoms with Gasteiger partial charge in [0.1, 0.15) is 5.60 Å². The van der Waals surface area contributed by atoms with Crippen LogP contribution >= 0.6 is 0 Å². The van der Waals surface area contributed by atoms with Crippen LogP contribution in [0.4, 0.5) is 0 Å². The summed E-state index contributed by atoms with van der Waals surface area (Å²) in [5, 5.41) is 0. The zero-order valence-electron chi connectivity index (χ0n) is 14.9. The zero-order valence-corrected chi connectivity index (χ0v) is 16.9. The Hall–Kier alpha value is -0.0962. The lowest BCUT2D eigenvalue weighted by Gasteiger charge is -2.50. The largest absolute Gasteiger partial charge is 0.459 e. The number of carbonyl (C=O) groups excluding carboxylic acids is 1. The van der Waals surface area contributed by atoms with Crippen molar-refractivity contribution in [2.24, 2.45) is 5.41 Å². The van der Waals surface area contributed by atoms with Crippen molar-refractivity contribution in [1.29, 1.82) is 0 Å². The van der Waals surface area contributed by atoms with Crippen LogP contribution < -0.4 is 0 Å². The lowest BCUT2D eigenvalue weighted by atomic mass is 9.90. The summed E-state index contributed by atoms with van der Waals surface area (Å²) < 4.78 is 6.19. The standard InChI is InChI=1S/C16H34O2Si2/c1-9-15(3,4)14(17)18-16(10-2)11-19(5,6)13-20(7,8)12-16/h9-13H2,1-8H3. The van der Waals surface area contributed by atoms with Crippen LogP contribution in [-0.4, -0.2) is 27.7 Å². The normalized spacial score (nSPS) is 24.2. The van der Waals surface area contributed by atoms with Crippen molar-refractivity contribution >= 4 is 22.1 Å². The zero-order chi connectivity index (χ0) is 15.8. The molecule has 1 rings (SSSR count). The number of hydrogen-bond acceptors (Lipinski definition) is 2. The van der Waals surface area contributed by atoms with Gasteiger partial charge in [0.05, 0.1) is 5.41 Å². The number of ether oxygens (including phenoxy) is 1. The van der Waals surface area contributed by atoms with Crippen LogP contribution in [-0.2, 0) is 9.53 Å². The summed E-state index contributed by atoms with van der Waals surface area (Å²) in [5.41, 5.74) is 0.959. The van der Waals surface area contributed by atoms with Crippen LogP contribution in [0.15, 0.2) is 0 Å². The molecule has 0 aliphatic carbocycles. The molecule has 1 fully saturated rings. The molecule has 0 bridgehead atoms. The summed E-state index contributed by atoms with van der Waals surface area (Å²) in [4.78, 5) is 12.6. The van der Waals surface area contributed by atoms with E-state index in [1.807, 2.05) is 13.8 Å². The summed E-state index contributed by atoms with van der Waals surface area (Å²) in [6.45, 7) is 18.2. The van der Waals surface area contributed by atoms with Crippen LogP contribution in [0, 0.1) is 5.41 Å². The van der Waals surface area contributed by atoms with Gasteiger partial charge in [-0.2, -0.15) is 0 Å². The Morgan fingerprint density at radius 1 is 1.10 bits per heavy atom. The van der Waals surface area contributed by atoms with Gasteiger partial charge in [-0.25, -0.2) is 0 Å². The third-order valence-electron chi connectivity index (χ3n) is 4.95. The molecular weight excluding hydrogens is 280 g/mol. The monoisotopic (exact) mass is 314 g/mol. The van der Waals surface area contributed by atoms with Gasteiger partial charge in [-0.15, -0.1) is 0 Å². The fraction of sp³-hybridized carbons (Fsp3) is 0.938. The lowest BCUT2D eigenvalue weighted by molar-refractivity contribution is -0.167. The van der Waals surface area contributed by atoms with Crippen molar-refractivity contribution in [2.75, 3.05) is 0 Å². The Bertz CT molecular complexity index is 357. The van der Waals surface area contributed by atoms with Crippen molar-refractivity contribution in [3.63, 3.8) is 0 Å². The minimum absolute atomic E-state index is 0.0124. The molecule has 1 aliphatic rings. The fourth-order valence-corrected chi connectivity index (χ4v) is 20.1. The van der Waals surface area contributed by atoms with E-state index in [1.54, 1.807) is 0 Å². The maximum Gasteiger partial charge on any atom is 0.312 e. The van der Waals surface area contributed by atoms with Gasteiger partial charge in [-0.1, -0.05) is 45.7 Å². The molecule has 0 aromatic rings. The number of hydrogen-bond donors (Lipinski definition) is 0. The molecule has 0 aromatic carbocycles. The SMILES string of the molecule is CCC1(OC(=O)C(C)(C)CC)C[Si](C)(C)C[Si](C)(C)C1. The topological polar surface area (TPSA) is 26.3 Å². The molecule has 0 spiro atoms. The van der Waals surface area contributed by atoms with E-state index < -0.39 is 16.1 Å². The van der Waals surface area contributed by atoms with Crippen LogP contribution in [0.1, 0.15) is 40.5 Å². The second kappa shape index (κ2) is 5.60. The average Bonchev–Trinajstić information content (AvgIpc) is 2.24. The predicted molar refractivity (Wildman–Crippen MR) is 92.6 cm³/mol. The van der Waals surface area contributed by atoms with Gasteiger partial charge in [0.25, 0.3) is 0 Å². The minimum atomic E-state index is -1.23. The molecule has 1 heterocycles. The first kappa shape index (κ1) is 18.0. The van der Waals surface area contributed by atoms with Gasteiger partial charge in [0.15, 0.2) is 0 Å². The molecule has 2 nitrogen and oxygen atoms in total. The van der Waals surface area contributed by atoms with E-state index in [0.29, 0.717) is 0 Å². The second-order valence-corrected chi connectivity index (χ2v) is 19.8. The van der Waals surface area contributed by atoms with Gasteiger partial charge >= 0.3 is 5.97 Å². The Morgan fingerprint density at radius 3 is 1.90 bits per heavy atom. The molecular formula is C16H34O2Si2. The van der Waals surface area contributed by atoms with Crippen LogP contribution in [0.5, 0.6) is 0 Å². The van der Waals surface area contributed by atoms with Gasteiger partial charge in [-0.3, -0.25) is 4.79 Å². The summed E-state index contributed by atoms with van der Waals surface area (Å²) in [6.07, 6.45) is 1.82. The molecule has 0 atom stereocenters. The van der Waals surface area contributed by atoms with Crippen molar-refractivity contribution < 1.29 is 9.53 Å². The maximum absolute atomic E-state index is 12.6. The first-order valence-electron chi connectivity index (χ1n) is 8.11. The van der Waals surface area contributed by atoms with Gasteiger partial charge in [0, 0.05) is 16.1 Å². The third kappa shape index (κ3) is 4.20. The van der Waals surface area contributed by atoms with Crippen molar-refractivity contribution in [3.8, 4) is 0 Å². The van der Waals surface area contributed by atoms with Crippen LogP contribution in [0.25, 0.3) is 0 Å². The summed E-state index contributed by atoms with van der Waals surface area (Å²) >= 11 is 0. The first-order valence-corrected chi connectivity index (χ1v) is 14.9. The second-order valence-electron chi connectivity index (χ2n) is 9.02. The minimum Gasteiger partial charge on any atom is -0.459 e. The molecule has 118 valence electrons. The van der Waals surface area contributed by atoms with E-state index in [9.17, 15) is 4.79 Å². The summed E-state index contributed by atoms with van der Waals surface area (Å²) in [5.74, 6) is 0.0124. The summed E-state index contributed by atoms with van der Waals surface area (Å²) in [7, 11) is -2.47. The van der Waals surface area contributed by atoms with Crippen molar-refractivity contribution in [1.82, 2.24) is 0 Å². The van der Waals surface area contributed by atoms with E-state index in [-0.39, 0.29) is 17.0 Å². The van der Waals surface area contributed by atoms with Crippen LogP contribution in [0.2, 0.25) is 43.9 Å². The lowest BCUT2D eigenvalue weighted by Crippen LogP contribution is -2.57. The molecule has 0 aromatic heterocycles. The Labute approximate surface area is 127 Å². The summed E-state index contributed by atoms with van der Waals surface area (Å²) in [6, 6.07) is 2.30. The van der Waals surface area contributed by atoms with E-state index in [0.717, 1.165) is 24.9 Å². The fourth-order valence-electron chi connectivity index (χ4n) is 4.10. The molecule has 0 unspecified atom stereocenters. The highest BCUT2D eigenvalue weighted by Crippen LogP contribution is 2.46. The predicted octanol–water partition coefficient (Wildman–Crippen LogP) is 5.08. The number of esters is 1. The van der Waals surface area contributed by atoms with Gasteiger partial charge < -0.3 is 4.74 Å². The smallest absolute Gasteiger partial charge is 0.312 e. The highest BCUT2D eigenvalue weighted by Gasteiger charge is 2.51.